The molecule has 0 radical (unpaired) electrons. The molecular weight excluding hydrogens is 286 g/mol. The third-order valence-electron chi connectivity index (χ3n) is 5.66. The van der Waals surface area contributed by atoms with Crippen LogP contribution in [-0.2, 0) is 19.4 Å². The molecule has 3 heteroatoms. The Morgan fingerprint density at radius 2 is 1.91 bits per heavy atom. The molecule has 4 rings (SSSR count). The molecule has 2 N–H and O–H groups in total. The summed E-state index contributed by atoms with van der Waals surface area (Å²) in [5, 5.41) is 19.9. The molecule has 3 nitrogen and oxygen atoms in total. The molecule has 2 aromatic carbocycles. The quantitative estimate of drug-likeness (QED) is 0.792. The van der Waals surface area contributed by atoms with Gasteiger partial charge in [0.25, 0.3) is 0 Å². The van der Waals surface area contributed by atoms with Crippen LogP contribution >= 0.6 is 0 Å². The van der Waals surface area contributed by atoms with Gasteiger partial charge in [0.2, 0.25) is 0 Å². The SMILES string of the molecule is CCc1cccc2c1CN(C)[C@H]1CCc3cc(O)c(O)cc3[C@H]21. The van der Waals surface area contributed by atoms with E-state index in [1.165, 1.54) is 27.8 Å². The molecule has 0 spiro atoms. The molecule has 2 aromatic rings. The van der Waals surface area contributed by atoms with Crippen molar-refractivity contribution >= 4 is 0 Å². The maximum Gasteiger partial charge on any atom is 0.157 e. The Hall–Kier alpha value is -2.00. The molecule has 0 amide bonds. The number of nitrogens with zero attached hydrogens (tertiary/aromatic N) is 1. The van der Waals surface area contributed by atoms with Crippen LogP contribution in [0.25, 0.3) is 0 Å². The summed E-state index contributed by atoms with van der Waals surface area (Å²) in [5.74, 6) is 0.269. The van der Waals surface area contributed by atoms with Crippen LogP contribution in [0.15, 0.2) is 30.3 Å². The Morgan fingerprint density at radius 1 is 1.13 bits per heavy atom. The number of aromatic hydroxyl groups is 2. The van der Waals surface area contributed by atoms with Crippen molar-refractivity contribution in [2.75, 3.05) is 7.05 Å². The van der Waals surface area contributed by atoms with E-state index in [2.05, 4.69) is 37.1 Å². The molecule has 1 aliphatic carbocycles. The van der Waals surface area contributed by atoms with Crippen LogP contribution in [-0.4, -0.2) is 28.2 Å². The summed E-state index contributed by atoms with van der Waals surface area (Å²) in [6.45, 7) is 3.21. The molecule has 0 saturated carbocycles. The topological polar surface area (TPSA) is 43.7 Å². The van der Waals surface area contributed by atoms with Crippen molar-refractivity contribution in [1.82, 2.24) is 4.90 Å². The lowest BCUT2D eigenvalue weighted by atomic mass is 9.71. The minimum Gasteiger partial charge on any atom is -0.504 e. The summed E-state index contributed by atoms with van der Waals surface area (Å²) in [6.07, 6.45) is 3.09. The van der Waals surface area contributed by atoms with Gasteiger partial charge in [-0.15, -0.1) is 0 Å². The summed E-state index contributed by atoms with van der Waals surface area (Å²) < 4.78 is 0. The van der Waals surface area contributed by atoms with Gasteiger partial charge in [-0.05, 0) is 66.3 Å². The van der Waals surface area contributed by atoms with Crippen molar-refractivity contribution in [1.29, 1.82) is 0 Å². The van der Waals surface area contributed by atoms with Crippen LogP contribution < -0.4 is 0 Å². The van der Waals surface area contributed by atoms with Gasteiger partial charge in [-0.1, -0.05) is 25.1 Å². The Morgan fingerprint density at radius 3 is 2.70 bits per heavy atom. The second-order valence-corrected chi connectivity index (χ2v) is 6.88. The van der Waals surface area contributed by atoms with Gasteiger partial charge >= 0.3 is 0 Å². The summed E-state index contributed by atoms with van der Waals surface area (Å²) in [5.41, 5.74) is 6.61. The van der Waals surface area contributed by atoms with Gasteiger partial charge in [0.15, 0.2) is 11.5 Å². The largest absolute Gasteiger partial charge is 0.504 e. The van der Waals surface area contributed by atoms with E-state index in [1.807, 2.05) is 0 Å². The van der Waals surface area contributed by atoms with Crippen LogP contribution in [0.4, 0.5) is 0 Å². The fraction of sp³-hybridized carbons (Fsp3) is 0.400. The number of rotatable bonds is 1. The lowest BCUT2D eigenvalue weighted by Gasteiger charge is -2.45. The van der Waals surface area contributed by atoms with Crippen molar-refractivity contribution in [2.45, 2.75) is 44.7 Å². The van der Waals surface area contributed by atoms with Crippen LogP contribution in [0, 0.1) is 0 Å². The summed E-state index contributed by atoms with van der Waals surface area (Å²) in [7, 11) is 2.21. The number of hydrogen-bond donors (Lipinski definition) is 2. The molecule has 1 heterocycles. The molecule has 0 saturated heterocycles. The van der Waals surface area contributed by atoms with E-state index in [1.54, 1.807) is 12.1 Å². The lowest BCUT2D eigenvalue weighted by Crippen LogP contribution is -2.44. The number of phenols is 2. The van der Waals surface area contributed by atoms with E-state index in [-0.39, 0.29) is 17.4 Å². The first-order valence-electron chi connectivity index (χ1n) is 8.45. The van der Waals surface area contributed by atoms with Gasteiger partial charge in [0, 0.05) is 18.5 Å². The normalized spacial score (nSPS) is 23.0. The van der Waals surface area contributed by atoms with Crippen LogP contribution in [0.2, 0.25) is 0 Å². The lowest BCUT2D eigenvalue weighted by molar-refractivity contribution is 0.178. The van der Waals surface area contributed by atoms with E-state index in [4.69, 9.17) is 0 Å². The summed E-state index contributed by atoms with van der Waals surface area (Å²) >= 11 is 0. The average molecular weight is 309 g/mol. The van der Waals surface area contributed by atoms with E-state index >= 15 is 0 Å². The monoisotopic (exact) mass is 309 g/mol. The van der Waals surface area contributed by atoms with Crippen molar-refractivity contribution in [3.8, 4) is 11.5 Å². The zero-order valence-corrected chi connectivity index (χ0v) is 13.7. The second-order valence-electron chi connectivity index (χ2n) is 6.88. The predicted molar refractivity (Wildman–Crippen MR) is 91.0 cm³/mol. The highest BCUT2D eigenvalue weighted by Gasteiger charge is 2.38. The first-order valence-corrected chi connectivity index (χ1v) is 8.45. The number of fused-ring (bicyclic) bond motifs is 5. The Bertz CT molecular complexity index is 768. The van der Waals surface area contributed by atoms with Crippen molar-refractivity contribution in [2.24, 2.45) is 0 Å². The minimum absolute atomic E-state index is 0.00565. The highest BCUT2D eigenvalue weighted by atomic mass is 16.3. The maximum absolute atomic E-state index is 10.0. The van der Waals surface area contributed by atoms with Crippen molar-refractivity contribution in [3.63, 3.8) is 0 Å². The third kappa shape index (κ3) is 2.14. The van der Waals surface area contributed by atoms with E-state index in [0.29, 0.717) is 6.04 Å². The van der Waals surface area contributed by atoms with Gasteiger partial charge in [-0.2, -0.15) is 0 Å². The van der Waals surface area contributed by atoms with E-state index < -0.39 is 0 Å². The Balaban J connectivity index is 1.94. The zero-order valence-electron chi connectivity index (χ0n) is 13.7. The minimum atomic E-state index is -0.00850. The third-order valence-corrected chi connectivity index (χ3v) is 5.66. The van der Waals surface area contributed by atoms with Crippen molar-refractivity contribution < 1.29 is 10.2 Å². The van der Waals surface area contributed by atoms with Crippen molar-refractivity contribution in [3.05, 3.63) is 58.1 Å². The number of hydrogen-bond acceptors (Lipinski definition) is 3. The fourth-order valence-electron chi connectivity index (χ4n) is 4.51. The maximum atomic E-state index is 10.0. The molecular formula is C20H23NO2. The van der Waals surface area contributed by atoms with Gasteiger partial charge in [-0.3, -0.25) is 4.90 Å². The number of phenolic OH excluding ortho intramolecular Hbond substituents is 2. The zero-order chi connectivity index (χ0) is 16.1. The molecule has 0 unspecified atom stereocenters. The Kier molecular flexibility index (Phi) is 3.34. The molecule has 2 atom stereocenters. The molecule has 2 aliphatic rings. The van der Waals surface area contributed by atoms with E-state index in [0.717, 1.165) is 25.8 Å². The van der Waals surface area contributed by atoms with Gasteiger partial charge in [-0.25, -0.2) is 0 Å². The van der Waals surface area contributed by atoms with Gasteiger partial charge in [0.1, 0.15) is 0 Å². The first kappa shape index (κ1) is 14.6. The van der Waals surface area contributed by atoms with Crippen LogP contribution in [0.3, 0.4) is 0 Å². The molecule has 0 fully saturated rings. The number of aryl methyl sites for hydroxylation is 2. The highest BCUT2D eigenvalue weighted by molar-refractivity contribution is 5.54. The first-order chi connectivity index (χ1) is 11.1. The molecule has 0 bridgehead atoms. The molecule has 23 heavy (non-hydrogen) atoms. The number of benzene rings is 2. The van der Waals surface area contributed by atoms with E-state index in [9.17, 15) is 10.2 Å². The van der Waals surface area contributed by atoms with Gasteiger partial charge < -0.3 is 10.2 Å². The summed E-state index contributed by atoms with van der Waals surface area (Å²) in [4.78, 5) is 2.46. The standard InChI is InChI=1S/C20H23NO2/c1-3-12-5-4-6-14-16(12)11-21(2)17-8-7-13-9-18(22)19(23)10-15(13)20(14)17/h4-6,9-10,17,20,22-23H,3,7-8,11H2,1-2H3/t17-,20-/m0/s1. The number of likely N-dealkylation sites (N-methyl/N-ethyl adjacent to an activating group) is 1. The Labute approximate surface area is 137 Å². The average Bonchev–Trinajstić information content (AvgIpc) is 2.55. The molecule has 0 aromatic heterocycles. The highest BCUT2D eigenvalue weighted by Crippen LogP contribution is 2.46. The predicted octanol–water partition coefficient (Wildman–Crippen LogP) is 3.55. The fourth-order valence-corrected chi connectivity index (χ4v) is 4.51. The molecule has 1 aliphatic heterocycles. The molecule has 120 valence electrons. The van der Waals surface area contributed by atoms with Crippen LogP contribution in [0.1, 0.15) is 47.1 Å². The summed E-state index contributed by atoms with van der Waals surface area (Å²) in [6, 6.07) is 10.6. The van der Waals surface area contributed by atoms with Crippen LogP contribution in [0.5, 0.6) is 11.5 Å². The smallest absolute Gasteiger partial charge is 0.157 e. The second kappa shape index (κ2) is 5.27. The van der Waals surface area contributed by atoms with Gasteiger partial charge in [0.05, 0.1) is 0 Å².